The Kier molecular flexibility index (Phi) is 4.61. The summed E-state index contributed by atoms with van der Waals surface area (Å²) in [5.74, 6) is -1.64. The fraction of sp³-hybridized carbons (Fsp3) is 0.200. The number of urea groups is 1. The minimum absolute atomic E-state index is 0.0258. The highest BCUT2D eigenvalue weighted by atomic mass is 35.5. The molecule has 0 saturated carbocycles. The second-order valence-corrected chi connectivity index (χ2v) is 3.60. The van der Waals surface area contributed by atoms with Crippen molar-refractivity contribution in [2.45, 2.75) is 13.0 Å². The summed E-state index contributed by atoms with van der Waals surface area (Å²) in [6.45, 7) is 1.29. The van der Waals surface area contributed by atoms with Gasteiger partial charge >= 0.3 is 12.0 Å². The third-order valence-corrected chi connectivity index (χ3v) is 2.18. The molecule has 1 atom stereocenters. The number of hydrogen-bond donors (Lipinski definition) is 2. The summed E-state index contributed by atoms with van der Waals surface area (Å²) in [6, 6.07) is 1.87. The van der Waals surface area contributed by atoms with E-state index >= 15 is 0 Å². The van der Waals surface area contributed by atoms with Gasteiger partial charge in [0.25, 0.3) is 5.91 Å². The van der Waals surface area contributed by atoms with Gasteiger partial charge in [-0.05, 0) is 19.1 Å². The number of esters is 1. The number of nitrogens with zero attached hydrogens (tertiary/aromatic N) is 1. The van der Waals surface area contributed by atoms with E-state index in [0.717, 1.165) is 0 Å². The van der Waals surface area contributed by atoms with E-state index in [2.05, 4.69) is 4.98 Å². The number of rotatable bonds is 3. The highest BCUT2D eigenvalue weighted by Gasteiger charge is 2.21. The lowest BCUT2D eigenvalue weighted by atomic mass is 10.3. The molecule has 0 aliphatic rings. The molecule has 0 aliphatic heterocycles. The molecular formula is C10H10ClN3O4. The Hall–Kier alpha value is -2.15. The van der Waals surface area contributed by atoms with Crippen LogP contribution in [0.1, 0.15) is 17.3 Å². The predicted octanol–water partition coefficient (Wildman–Crippen LogP) is 0.475. The minimum atomic E-state index is -1.18. The van der Waals surface area contributed by atoms with Crippen molar-refractivity contribution >= 4 is 29.5 Å². The number of hydrogen-bond acceptors (Lipinski definition) is 5. The van der Waals surface area contributed by atoms with Crippen LogP contribution in [0.15, 0.2) is 18.3 Å². The van der Waals surface area contributed by atoms with Gasteiger partial charge in [-0.25, -0.2) is 14.6 Å². The van der Waals surface area contributed by atoms with E-state index in [1.54, 1.807) is 5.32 Å². The third kappa shape index (κ3) is 3.70. The summed E-state index contributed by atoms with van der Waals surface area (Å²) in [7, 11) is 0. The molecule has 3 N–H and O–H groups in total. The van der Waals surface area contributed by atoms with Gasteiger partial charge in [0.15, 0.2) is 6.10 Å². The molecule has 0 aromatic carbocycles. The van der Waals surface area contributed by atoms with E-state index in [9.17, 15) is 14.4 Å². The van der Waals surface area contributed by atoms with Gasteiger partial charge in [-0.2, -0.15) is 0 Å². The van der Waals surface area contributed by atoms with Crippen molar-refractivity contribution in [3.63, 3.8) is 0 Å². The fourth-order valence-electron chi connectivity index (χ4n) is 1.04. The number of carbonyl (C=O) groups is 3. The highest BCUT2D eigenvalue weighted by Crippen LogP contribution is 2.13. The van der Waals surface area contributed by atoms with Crippen LogP contribution in [0, 0.1) is 0 Å². The molecule has 8 heteroatoms. The lowest BCUT2D eigenvalue weighted by Gasteiger charge is -2.12. The van der Waals surface area contributed by atoms with Crippen LogP contribution in [0.4, 0.5) is 4.79 Å². The Morgan fingerprint density at radius 3 is 2.72 bits per heavy atom. The first kappa shape index (κ1) is 13.9. The molecule has 1 aromatic heterocycles. The molecule has 0 spiro atoms. The highest BCUT2D eigenvalue weighted by molar-refractivity contribution is 6.32. The van der Waals surface area contributed by atoms with Crippen LogP contribution in [-0.4, -0.2) is 29.0 Å². The monoisotopic (exact) mass is 271 g/mol. The van der Waals surface area contributed by atoms with Crippen molar-refractivity contribution < 1.29 is 19.1 Å². The van der Waals surface area contributed by atoms with Gasteiger partial charge in [0, 0.05) is 6.20 Å². The van der Waals surface area contributed by atoms with Gasteiger partial charge in [-0.1, -0.05) is 11.6 Å². The Morgan fingerprint density at radius 1 is 1.50 bits per heavy atom. The smallest absolute Gasteiger partial charge is 0.342 e. The SMILES string of the molecule is CC(OC(=O)c1cccnc1Cl)C(=O)NC(N)=O. The van der Waals surface area contributed by atoms with Crippen molar-refractivity contribution in [2.75, 3.05) is 0 Å². The maximum absolute atomic E-state index is 11.6. The fourth-order valence-corrected chi connectivity index (χ4v) is 1.24. The number of primary amides is 1. The van der Waals surface area contributed by atoms with Gasteiger partial charge in [0.05, 0.1) is 5.56 Å². The average Bonchev–Trinajstić information content (AvgIpc) is 2.28. The quantitative estimate of drug-likeness (QED) is 0.613. The van der Waals surface area contributed by atoms with E-state index in [4.69, 9.17) is 22.1 Å². The molecular weight excluding hydrogens is 262 g/mol. The van der Waals surface area contributed by atoms with Crippen LogP contribution in [-0.2, 0) is 9.53 Å². The molecule has 1 rings (SSSR count). The van der Waals surface area contributed by atoms with E-state index in [1.165, 1.54) is 25.3 Å². The van der Waals surface area contributed by atoms with Crippen LogP contribution >= 0.6 is 11.6 Å². The lowest BCUT2D eigenvalue weighted by Crippen LogP contribution is -2.42. The lowest BCUT2D eigenvalue weighted by molar-refractivity contribution is -0.127. The van der Waals surface area contributed by atoms with Crippen LogP contribution in [0.5, 0.6) is 0 Å². The van der Waals surface area contributed by atoms with Crippen molar-refractivity contribution in [2.24, 2.45) is 5.73 Å². The number of ether oxygens (including phenoxy) is 1. The van der Waals surface area contributed by atoms with Crippen molar-refractivity contribution in [1.82, 2.24) is 10.3 Å². The first-order valence-corrected chi connectivity index (χ1v) is 5.21. The Balaban J connectivity index is 2.68. The summed E-state index contributed by atoms with van der Waals surface area (Å²) in [6.07, 6.45) is 0.226. The maximum Gasteiger partial charge on any atom is 0.342 e. The van der Waals surface area contributed by atoms with Crippen LogP contribution in [0.3, 0.4) is 0 Å². The second kappa shape index (κ2) is 5.97. The van der Waals surface area contributed by atoms with Gasteiger partial charge in [0.2, 0.25) is 0 Å². The Bertz CT molecular complexity index is 492. The molecule has 0 radical (unpaired) electrons. The van der Waals surface area contributed by atoms with Crippen molar-refractivity contribution in [3.05, 3.63) is 29.0 Å². The topological polar surface area (TPSA) is 111 Å². The third-order valence-electron chi connectivity index (χ3n) is 1.88. The molecule has 0 fully saturated rings. The van der Waals surface area contributed by atoms with Gasteiger partial charge < -0.3 is 10.5 Å². The molecule has 1 heterocycles. The largest absolute Gasteiger partial charge is 0.449 e. The number of pyridine rings is 1. The molecule has 96 valence electrons. The molecule has 18 heavy (non-hydrogen) atoms. The van der Waals surface area contributed by atoms with Gasteiger partial charge in [-0.3, -0.25) is 10.1 Å². The van der Waals surface area contributed by atoms with Crippen molar-refractivity contribution in [3.8, 4) is 0 Å². The zero-order valence-electron chi connectivity index (χ0n) is 9.34. The standard InChI is InChI=1S/C10H10ClN3O4/c1-5(8(15)14-10(12)17)18-9(16)6-3-2-4-13-7(6)11/h2-5H,1H3,(H3,12,14,15,17). The number of amides is 3. The molecule has 0 bridgehead atoms. The molecule has 1 aromatic rings. The normalized spacial score (nSPS) is 11.4. The predicted molar refractivity (Wildman–Crippen MR) is 61.9 cm³/mol. The summed E-state index contributed by atoms with van der Waals surface area (Å²) in [5, 5.41) is 1.75. The number of aromatic nitrogens is 1. The molecule has 1 unspecified atom stereocenters. The van der Waals surface area contributed by atoms with Crippen LogP contribution in [0.25, 0.3) is 0 Å². The van der Waals surface area contributed by atoms with Gasteiger partial charge in [-0.15, -0.1) is 0 Å². The number of halogens is 1. The number of carbonyl (C=O) groups excluding carboxylic acids is 3. The summed E-state index contributed by atoms with van der Waals surface area (Å²) < 4.78 is 4.80. The summed E-state index contributed by atoms with van der Waals surface area (Å²) in [4.78, 5) is 37.0. The molecule has 0 aliphatic carbocycles. The van der Waals surface area contributed by atoms with E-state index < -0.39 is 24.0 Å². The zero-order valence-corrected chi connectivity index (χ0v) is 10.1. The first-order chi connectivity index (χ1) is 8.41. The first-order valence-electron chi connectivity index (χ1n) is 4.83. The Morgan fingerprint density at radius 2 is 2.17 bits per heavy atom. The molecule has 3 amide bonds. The number of nitrogens with one attached hydrogen (secondary N) is 1. The van der Waals surface area contributed by atoms with E-state index in [1.807, 2.05) is 0 Å². The number of nitrogens with two attached hydrogens (primary N) is 1. The summed E-state index contributed by atoms with van der Waals surface area (Å²) >= 11 is 5.68. The van der Waals surface area contributed by atoms with Crippen LogP contribution < -0.4 is 11.1 Å². The van der Waals surface area contributed by atoms with E-state index in [0.29, 0.717) is 0 Å². The second-order valence-electron chi connectivity index (χ2n) is 3.24. The molecule has 0 saturated heterocycles. The average molecular weight is 272 g/mol. The summed E-state index contributed by atoms with van der Waals surface area (Å²) in [5.41, 5.74) is 4.78. The zero-order chi connectivity index (χ0) is 13.7. The Labute approximate surface area is 107 Å². The number of imide groups is 1. The van der Waals surface area contributed by atoms with Crippen molar-refractivity contribution in [1.29, 1.82) is 0 Å². The minimum Gasteiger partial charge on any atom is -0.449 e. The maximum atomic E-state index is 11.6. The molecule has 7 nitrogen and oxygen atoms in total. The van der Waals surface area contributed by atoms with Gasteiger partial charge in [0.1, 0.15) is 5.15 Å². The van der Waals surface area contributed by atoms with Crippen LogP contribution in [0.2, 0.25) is 5.15 Å². The van der Waals surface area contributed by atoms with E-state index in [-0.39, 0.29) is 10.7 Å².